The number of halogens is 3. The minimum absolute atomic E-state index is 0.196. The van der Waals surface area contributed by atoms with Crippen molar-refractivity contribution in [2.75, 3.05) is 6.54 Å². The van der Waals surface area contributed by atoms with E-state index in [1.807, 2.05) is 19.9 Å². The molecule has 1 aliphatic heterocycles. The van der Waals surface area contributed by atoms with Gasteiger partial charge >= 0.3 is 6.18 Å². The van der Waals surface area contributed by atoms with Gasteiger partial charge in [0.05, 0.1) is 10.5 Å². The molecular formula is C20H17F3N2OS2. The van der Waals surface area contributed by atoms with Crippen molar-refractivity contribution in [2.45, 2.75) is 20.0 Å². The Morgan fingerprint density at radius 2 is 1.96 bits per heavy atom. The van der Waals surface area contributed by atoms with E-state index in [1.54, 1.807) is 22.8 Å². The van der Waals surface area contributed by atoms with Crippen molar-refractivity contribution in [1.82, 2.24) is 9.47 Å². The van der Waals surface area contributed by atoms with Crippen LogP contribution in [0, 0.1) is 13.8 Å². The third kappa shape index (κ3) is 3.79. The number of benzene rings is 1. The van der Waals surface area contributed by atoms with Crippen LogP contribution < -0.4 is 0 Å². The first-order chi connectivity index (χ1) is 13.1. The molecule has 0 aliphatic carbocycles. The molecule has 0 N–H and O–H groups in total. The van der Waals surface area contributed by atoms with Gasteiger partial charge in [0.15, 0.2) is 0 Å². The predicted octanol–water partition coefficient (Wildman–Crippen LogP) is 5.50. The molecule has 0 saturated carbocycles. The summed E-state index contributed by atoms with van der Waals surface area (Å²) in [5, 5.41) is 0. The first-order valence-electron chi connectivity index (χ1n) is 8.36. The highest BCUT2D eigenvalue weighted by Gasteiger charge is 2.32. The molecule has 1 amide bonds. The van der Waals surface area contributed by atoms with E-state index in [0.717, 1.165) is 29.1 Å². The van der Waals surface area contributed by atoms with Crippen LogP contribution in [-0.4, -0.2) is 26.2 Å². The van der Waals surface area contributed by atoms with Gasteiger partial charge in [-0.15, -0.1) is 6.58 Å². The second-order valence-corrected chi connectivity index (χ2v) is 7.97. The van der Waals surface area contributed by atoms with Crippen molar-refractivity contribution >= 4 is 40.3 Å². The first-order valence-corrected chi connectivity index (χ1v) is 9.59. The Morgan fingerprint density at radius 3 is 2.61 bits per heavy atom. The van der Waals surface area contributed by atoms with Gasteiger partial charge in [0.25, 0.3) is 5.91 Å². The number of carbonyl (C=O) groups excluding carboxylic acids is 1. The predicted molar refractivity (Wildman–Crippen MR) is 110 cm³/mol. The highest BCUT2D eigenvalue weighted by atomic mass is 32.2. The summed E-state index contributed by atoms with van der Waals surface area (Å²) in [5.41, 5.74) is 1.98. The van der Waals surface area contributed by atoms with E-state index in [9.17, 15) is 18.0 Å². The monoisotopic (exact) mass is 422 g/mol. The summed E-state index contributed by atoms with van der Waals surface area (Å²) in [4.78, 5) is 14.5. The molecule has 8 heteroatoms. The van der Waals surface area contributed by atoms with Gasteiger partial charge in [-0.25, -0.2) is 0 Å². The number of nitrogens with zero attached hydrogens (tertiary/aromatic N) is 2. The number of thioether (sulfide) groups is 1. The minimum atomic E-state index is -4.41. The number of amides is 1. The standard InChI is InChI=1S/C20H17F3N2OS2/c1-4-8-24-18(26)17(28-19(24)27)10-14-9-12(2)25(13(14)3)16-7-5-6-15(11-16)20(21,22)23/h4-7,9-11H,1,8H2,2-3H3/b17-10+. The molecule has 0 atom stereocenters. The summed E-state index contributed by atoms with van der Waals surface area (Å²) in [6, 6.07) is 7.02. The smallest absolute Gasteiger partial charge is 0.318 e. The number of rotatable bonds is 4. The van der Waals surface area contributed by atoms with Gasteiger partial charge in [0.1, 0.15) is 4.32 Å². The molecule has 146 valence electrons. The summed E-state index contributed by atoms with van der Waals surface area (Å²) in [7, 11) is 0. The fraction of sp³-hybridized carbons (Fsp3) is 0.200. The lowest BCUT2D eigenvalue weighted by Crippen LogP contribution is -2.27. The summed E-state index contributed by atoms with van der Waals surface area (Å²) in [6.45, 7) is 7.58. The van der Waals surface area contributed by atoms with Crippen molar-refractivity contribution in [3.63, 3.8) is 0 Å². The average molecular weight is 422 g/mol. The molecule has 1 fully saturated rings. The Labute approximate surface area is 170 Å². The Balaban J connectivity index is 2.01. The first kappa shape index (κ1) is 20.4. The second kappa shape index (κ2) is 7.60. The molecule has 0 spiro atoms. The van der Waals surface area contributed by atoms with Crippen LogP contribution in [0.5, 0.6) is 0 Å². The summed E-state index contributed by atoms with van der Waals surface area (Å²) >= 11 is 6.44. The van der Waals surface area contributed by atoms with E-state index in [2.05, 4.69) is 6.58 Å². The lowest BCUT2D eigenvalue weighted by molar-refractivity contribution is -0.137. The van der Waals surface area contributed by atoms with Crippen molar-refractivity contribution in [3.05, 3.63) is 70.4 Å². The minimum Gasteiger partial charge on any atom is -0.318 e. The quantitative estimate of drug-likeness (QED) is 0.370. The zero-order valence-corrected chi connectivity index (χ0v) is 16.8. The highest BCUT2D eigenvalue weighted by molar-refractivity contribution is 8.26. The van der Waals surface area contributed by atoms with E-state index < -0.39 is 11.7 Å². The van der Waals surface area contributed by atoms with Crippen molar-refractivity contribution in [2.24, 2.45) is 0 Å². The molecular weight excluding hydrogens is 405 g/mol. The topological polar surface area (TPSA) is 25.2 Å². The molecule has 3 rings (SSSR count). The average Bonchev–Trinajstić information content (AvgIpc) is 3.05. The number of aryl methyl sites for hydroxylation is 1. The fourth-order valence-electron chi connectivity index (χ4n) is 3.08. The van der Waals surface area contributed by atoms with Crippen LogP contribution in [0.4, 0.5) is 13.2 Å². The maximum absolute atomic E-state index is 13.1. The lowest BCUT2D eigenvalue weighted by atomic mass is 10.2. The molecule has 1 aromatic heterocycles. The molecule has 2 heterocycles. The van der Waals surface area contributed by atoms with Gasteiger partial charge in [-0.05, 0) is 49.8 Å². The Hall–Kier alpha value is -2.32. The largest absolute Gasteiger partial charge is 0.416 e. The Kier molecular flexibility index (Phi) is 5.54. The SMILES string of the molecule is C=CCN1C(=O)/C(=C\c2cc(C)n(-c3cccc(C(F)(F)F)c3)c2C)SC1=S. The highest BCUT2D eigenvalue weighted by Crippen LogP contribution is 2.35. The van der Waals surface area contributed by atoms with Crippen LogP contribution in [0.2, 0.25) is 0 Å². The van der Waals surface area contributed by atoms with Crippen LogP contribution >= 0.6 is 24.0 Å². The van der Waals surface area contributed by atoms with E-state index in [0.29, 0.717) is 21.5 Å². The van der Waals surface area contributed by atoms with Gasteiger partial charge in [0.2, 0.25) is 0 Å². The zero-order chi connectivity index (χ0) is 20.6. The van der Waals surface area contributed by atoms with Gasteiger partial charge in [0, 0.05) is 23.6 Å². The van der Waals surface area contributed by atoms with Gasteiger partial charge < -0.3 is 4.57 Å². The Morgan fingerprint density at radius 1 is 1.25 bits per heavy atom. The normalized spacial score (nSPS) is 16.3. The number of aromatic nitrogens is 1. The maximum Gasteiger partial charge on any atom is 0.416 e. The van der Waals surface area contributed by atoms with Crippen molar-refractivity contribution in [1.29, 1.82) is 0 Å². The molecule has 28 heavy (non-hydrogen) atoms. The lowest BCUT2D eigenvalue weighted by Gasteiger charge is -2.13. The molecule has 3 nitrogen and oxygen atoms in total. The molecule has 0 bridgehead atoms. The number of carbonyl (C=O) groups is 1. The molecule has 1 aromatic carbocycles. The summed E-state index contributed by atoms with van der Waals surface area (Å²) < 4.78 is 41.4. The van der Waals surface area contributed by atoms with E-state index in [1.165, 1.54) is 22.7 Å². The molecule has 1 saturated heterocycles. The van der Waals surface area contributed by atoms with Crippen LogP contribution in [0.3, 0.4) is 0 Å². The summed E-state index contributed by atoms with van der Waals surface area (Å²) in [6.07, 6.45) is -1.07. The third-order valence-corrected chi connectivity index (χ3v) is 5.75. The number of hydrogen-bond acceptors (Lipinski definition) is 3. The van der Waals surface area contributed by atoms with Crippen molar-refractivity contribution < 1.29 is 18.0 Å². The molecule has 1 aliphatic rings. The summed E-state index contributed by atoms with van der Waals surface area (Å²) in [5.74, 6) is -0.196. The van der Waals surface area contributed by atoms with Crippen molar-refractivity contribution in [3.8, 4) is 5.69 Å². The zero-order valence-electron chi connectivity index (χ0n) is 15.2. The number of thiocarbonyl (C=S) groups is 1. The number of alkyl halides is 3. The maximum atomic E-state index is 13.1. The van der Waals surface area contributed by atoms with Gasteiger partial charge in [-0.1, -0.05) is 36.1 Å². The van der Waals surface area contributed by atoms with Gasteiger partial charge in [-0.3, -0.25) is 9.69 Å². The van der Waals surface area contributed by atoms with Crippen LogP contribution in [0.15, 0.2) is 47.9 Å². The molecule has 2 aromatic rings. The molecule has 0 unspecified atom stereocenters. The van der Waals surface area contributed by atoms with E-state index in [4.69, 9.17) is 12.2 Å². The van der Waals surface area contributed by atoms with Crippen LogP contribution in [0.25, 0.3) is 11.8 Å². The number of hydrogen-bond donors (Lipinski definition) is 0. The van der Waals surface area contributed by atoms with Crippen LogP contribution in [0.1, 0.15) is 22.5 Å². The fourth-order valence-corrected chi connectivity index (χ4v) is 4.35. The van der Waals surface area contributed by atoms with E-state index in [-0.39, 0.29) is 5.91 Å². The van der Waals surface area contributed by atoms with Gasteiger partial charge in [-0.2, -0.15) is 13.2 Å². The molecule has 0 radical (unpaired) electrons. The van der Waals surface area contributed by atoms with E-state index >= 15 is 0 Å². The van der Waals surface area contributed by atoms with Crippen LogP contribution in [-0.2, 0) is 11.0 Å². The second-order valence-electron chi connectivity index (χ2n) is 6.29. The Bertz CT molecular complexity index is 1010. The third-order valence-electron chi connectivity index (χ3n) is 4.37.